The van der Waals surface area contributed by atoms with Gasteiger partial charge in [0.05, 0.1) is 10.3 Å². The molecule has 0 bridgehead atoms. The molecule has 0 radical (unpaired) electrons. The van der Waals surface area contributed by atoms with Crippen molar-refractivity contribution >= 4 is 27.3 Å². The first-order chi connectivity index (χ1) is 11.6. The summed E-state index contributed by atoms with van der Waals surface area (Å²) in [6.45, 7) is 0.751. The molecule has 24 heavy (non-hydrogen) atoms. The maximum Gasteiger partial charge on any atom is 0.262 e. The molecule has 4 rings (SSSR count). The number of ketones is 1. The minimum absolute atomic E-state index is 0.0576. The van der Waals surface area contributed by atoms with E-state index in [0.29, 0.717) is 11.8 Å². The van der Waals surface area contributed by atoms with Crippen molar-refractivity contribution in [3.8, 4) is 0 Å². The number of thiophene rings is 1. The van der Waals surface area contributed by atoms with Crippen LogP contribution in [0.1, 0.15) is 46.7 Å². The highest BCUT2D eigenvalue weighted by Gasteiger charge is 2.29. The first kappa shape index (κ1) is 15.6. The van der Waals surface area contributed by atoms with Gasteiger partial charge in [-0.25, -0.2) is 4.98 Å². The Morgan fingerprint density at radius 3 is 2.75 bits per heavy atom. The molecule has 3 heterocycles. The van der Waals surface area contributed by atoms with Crippen molar-refractivity contribution in [2.75, 3.05) is 14.1 Å². The zero-order valence-electron chi connectivity index (χ0n) is 14.1. The normalized spacial score (nSPS) is 19.2. The number of carbonyl (C=O) groups is 1. The highest BCUT2D eigenvalue weighted by Crippen LogP contribution is 2.36. The van der Waals surface area contributed by atoms with Crippen molar-refractivity contribution in [2.45, 2.75) is 45.1 Å². The average Bonchev–Trinajstić information content (AvgIpc) is 2.74. The Bertz CT molecular complexity index is 920. The fourth-order valence-electron chi connectivity index (χ4n) is 3.71. The number of Topliss-reactive ketones (excluding diaryl/α,β-unsaturated/α-hetero) is 1. The molecule has 0 spiro atoms. The van der Waals surface area contributed by atoms with E-state index in [1.54, 1.807) is 0 Å². The molecule has 0 saturated heterocycles. The maximum absolute atomic E-state index is 13.0. The van der Waals surface area contributed by atoms with Crippen LogP contribution in [-0.4, -0.2) is 34.3 Å². The predicted molar refractivity (Wildman–Crippen MR) is 95.9 cm³/mol. The number of aromatic nitrogens is 2. The first-order valence-corrected chi connectivity index (χ1v) is 9.35. The van der Waals surface area contributed by atoms with Crippen LogP contribution < -0.4 is 5.56 Å². The number of hydrogen-bond acceptors (Lipinski definition) is 5. The highest BCUT2D eigenvalue weighted by molar-refractivity contribution is 7.20. The molecule has 126 valence electrons. The molecule has 0 unspecified atom stereocenters. The minimum Gasteiger partial charge on any atom is -0.383 e. The maximum atomic E-state index is 13.0. The molecule has 0 aromatic carbocycles. The summed E-state index contributed by atoms with van der Waals surface area (Å²) in [4.78, 5) is 33.9. The van der Waals surface area contributed by atoms with E-state index in [9.17, 15) is 9.59 Å². The van der Waals surface area contributed by atoms with E-state index in [0.717, 1.165) is 65.3 Å². The third kappa shape index (κ3) is 2.40. The fourth-order valence-corrected chi connectivity index (χ4v) is 4.92. The molecule has 0 atom stereocenters. The Hall–Kier alpha value is -1.95. The van der Waals surface area contributed by atoms with Gasteiger partial charge in [-0.15, -0.1) is 11.3 Å². The van der Waals surface area contributed by atoms with Crippen LogP contribution in [0.15, 0.2) is 16.6 Å². The van der Waals surface area contributed by atoms with Crippen molar-refractivity contribution < 1.29 is 4.79 Å². The van der Waals surface area contributed by atoms with Crippen molar-refractivity contribution in [1.82, 2.24) is 14.5 Å². The first-order valence-electron chi connectivity index (χ1n) is 8.53. The SMILES string of the molecule is CN(C)/C=C1\CCc2c(sc3nc4n(c(=O)c23)CCCCC4)C1=O. The number of hydrogen-bond donors (Lipinski definition) is 0. The Morgan fingerprint density at radius 2 is 1.96 bits per heavy atom. The summed E-state index contributed by atoms with van der Waals surface area (Å²) in [5.41, 5.74) is 1.80. The molecular weight excluding hydrogens is 322 g/mol. The second-order valence-electron chi connectivity index (χ2n) is 6.83. The van der Waals surface area contributed by atoms with E-state index >= 15 is 0 Å². The van der Waals surface area contributed by atoms with Crippen LogP contribution in [0, 0.1) is 0 Å². The summed E-state index contributed by atoms with van der Waals surface area (Å²) in [5, 5.41) is 0.693. The lowest BCUT2D eigenvalue weighted by Gasteiger charge is -2.16. The predicted octanol–water partition coefficient (Wildman–Crippen LogP) is 2.76. The van der Waals surface area contributed by atoms with Gasteiger partial charge in [0, 0.05) is 38.8 Å². The zero-order chi connectivity index (χ0) is 16.8. The Morgan fingerprint density at radius 1 is 1.12 bits per heavy atom. The van der Waals surface area contributed by atoms with Gasteiger partial charge in [0.2, 0.25) is 5.78 Å². The quantitative estimate of drug-likeness (QED) is 0.747. The van der Waals surface area contributed by atoms with E-state index in [2.05, 4.69) is 0 Å². The molecule has 0 amide bonds. The van der Waals surface area contributed by atoms with E-state index in [1.807, 2.05) is 29.8 Å². The smallest absolute Gasteiger partial charge is 0.262 e. The third-order valence-corrected chi connectivity index (χ3v) is 5.95. The van der Waals surface area contributed by atoms with E-state index in [1.165, 1.54) is 11.3 Å². The van der Waals surface area contributed by atoms with Gasteiger partial charge in [-0.2, -0.15) is 0 Å². The van der Waals surface area contributed by atoms with Crippen LogP contribution in [0.2, 0.25) is 0 Å². The fraction of sp³-hybridized carbons (Fsp3) is 0.500. The molecular formula is C18H21N3O2S. The summed E-state index contributed by atoms with van der Waals surface area (Å²) in [6, 6.07) is 0. The topological polar surface area (TPSA) is 55.2 Å². The standard InChI is InChI=1S/C18H21N3O2S/c1-20(2)10-11-7-8-12-14-17(24-16(12)15(11)22)19-13-6-4-3-5-9-21(13)18(14)23/h10H,3-9H2,1-2H3/b11-10+. The second kappa shape index (κ2) is 5.84. The summed E-state index contributed by atoms with van der Waals surface area (Å²) in [5.74, 6) is 0.952. The van der Waals surface area contributed by atoms with Gasteiger partial charge in [0.25, 0.3) is 5.56 Å². The number of fused-ring (bicyclic) bond motifs is 4. The molecule has 0 saturated carbocycles. The summed E-state index contributed by atoms with van der Waals surface area (Å²) < 4.78 is 1.85. The molecule has 5 nitrogen and oxygen atoms in total. The third-order valence-electron chi connectivity index (χ3n) is 4.83. The van der Waals surface area contributed by atoms with E-state index < -0.39 is 0 Å². The van der Waals surface area contributed by atoms with Gasteiger partial charge in [0.15, 0.2) is 0 Å². The Balaban J connectivity index is 1.91. The molecule has 0 N–H and O–H groups in total. The van der Waals surface area contributed by atoms with Gasteiger partial charge in [0.1, 0.15) is 10.7 Å². The molecule has 1 aliphatic heterocycles. The van der Waals surface area contributed by atoms with Gasteiger partial charge < -0.3 is 4.90 Å². The number of aryl methyl sites for hydroxylation is 2. The van der Waals surface area contributed by atoms with Crippen LogP contribution in [0.4, 0.5) is 0 Å². The minimum atomic E-state index is 0.0576. The Kier molecular flexibility index (Phi) is 3.79. The van der Waals surface area contributed by atoms with E-state index in [4.69, 9.17) is 4.98 Å². The van der Waals surface area contributed by atoms with Crippen LogP contribution in [-0.2, 0) is 19.4 Å². The van der Waals surface area contributed by atoms with Gasteiger partial charge in [-0.3, -0.25) is 14.2 Å². The lowest BCUT2D eigenvalue weighted by molar-refractivity contribution is 0.102. The number of allylic oxidation sites excluding steroid dienone is 1. The van der Waals surface area contributed by atoms with E-state index in [-0.39, 0.29) is 11.3 Å². The van der Waals surface area contributed by atoms with Crippen molar-refractivity contribution in [3.63, 3.8) is 0 Å². The highest BCUT2D eigenvalue weighted by atomic mass is 32.1. The van der Waals surface area contributed by atoms with Crippen molar-refractivity contribution in [3.05, 3.63) is 38.4 Å². The van der Waals surface area contributed by atoms with Gasteiger partial charge in [-0.1, -0.05) is 6.42 Å². The van der Waals surface area contributed by atoms with Crippen LogP contribution in [0.5, 0.6) is 0 Å². The molecule has 0 fully saturated rings. The summed E-state index contributed by atoms with van der Waals surface area (Å²) in [6.07, 6.45) is 7.44. The number of carbonyl (C=O) groups excluding carboxylic acids is 1. The molecule has 1 aliphatic carbocycles. The Labute approximate surface area is 144 Å². The lowest BCUT2D eigenvalue weighted by atomic mass is 9.92. The number of rotatable bonds is 1. The lowest BCUT2D eigenvalue weighted by Crippen LogP contribution is -2.25. The molecule has 2 aromatic rings. The van der Waals surface area contributed by atoms with Gasteiger partial charge in [-0.05, 0) is 31.2 Å². The van der Waals surface area contributed by atoms with Crippen molar-refractivity contribution in [1.29, 1.82) is 0 Å². The van der Waals surface area contributed by atoms with Crippen molar-refractivity contribution in [2.24, 2.45) is 0 Å². The zero-order valence-corrected chi connectivity index (χ0v) is 14.9. The number of nitrogens with zero attached hydrogens (tertiary/aromatic N) is 3. The van der Waals surface area contributed by atoms with Crippen LogP contribution >= 0.6 is 11.3 Å². The average molecular weight is 343 g/mol. The van der Waals surface area contributed by atoms with Crippen LogP contribution in [0.25, 0.3) is 10.2 Å². The largest absolute Gasteiger partial charge is 0.383 e. The summed E-state index contributed by atoms with van der Waals surface area (Å²) >= 11 is 1.40. The van der Waals surface area contributed by atoms with Crippen LogP contribution in [0.3, 0.4) is 0 Å². The molecule has 2 aromatic heterocycles. The monoisotopic (exact) mass is 343 g/mol. The van der Waals surface area contributed by atoms with Gasteiger partial charge >= 0.3 is 0 Å². The summed E-state index contributed by atoms with van der Waals surface area (Å²) in [7, 11) is 3.84. The molecule has 6 heteroatoms. The second-order valence-corrected chi connectivity index (χ2v) is 7.83. The molecule has 2 aliphatic rings.